The normalized spacial score (nSPS) is 13.1. The van der Waals surface area contributed by atoms with E-state index in [2.05, 4.69) is 19.1 Å². The summed E-state index contributed by atoms with van der Waals surface area (Å²) in [4.78, 5) is 4.83. The van der Waals surface area contributed by atoms with Gasteiger partial charge in [0, 0.05) is 17.0 Å². The number of benzene rings is 3. The first-order valence-corrected chi connectivity index (χ1v) is 10.9. The van der Waals surface area contributed by atoms with Crippen LogP contribution in [0.4, 0.5) is 0 Å². The average molecular weight is 375 g/mol. The van der Waals surface area contributed by atoms with Crippen molar-refractivity contribution in [3.8, 4) is 11.1 Å². The molecule has 3 aromatic carbocycles. The van der Waals surface area contributed by atoms with Crippen molar-refractivity contribution in [3.63, 3.8) is 0 Å². The number of nitrogens with zero attached hydrogens (tertiary/aromatic N) is 1. The van der Waals surface area contributed by atoms with Crippen molar-refractivity contribution in [2.45, 2.75) is 19.1 Å². The van der Waals surface area contributed by atoms with Crippen LogP contribution in [-0.4, -0.2) is 19.7 Å². The van der Waals surface area contributed by atoms with Crippen LogP contribution < -0.4 is 0 Å². The van der Waals surface area contributed by atoms with Gasteiger partial charge in [-0.3, -0.25) is 0 Å². The molecule has 3 nitrogen and oxygen atoms in total. The zero-order chi connectivity index (χ0) is 19.2. The third kappa shape index (κ3) is 3.10. The Labute approximate surface area is 159 Å². The lowest BCUT2D eigenvalue weighted by atomic mass is 9.94. The first kappa shape index (κ1) is 17.7. The molecule has 0 aliphatic rings. The summed E-state index contributed by atoms with van der Waals surface area (Å²) in [6.45, 7) is 3.86. The molecule has 1 aromatic heterocycles. The van der Waals surface area contributed by atoms with Crippen LogP contribution in [0.2, 0.25) is 0 Å². The van der Waals surface area contributed by atoms with E-state index in [0.29, 0.717) is 0 Å². The predicted molar refractivity (Wildman–Crippen MR) is 113 cm³/mol. The van der Waals surface area contributed by atoms with Crippen molar-refractivity contribution < 1.29 is 8.42 Å². The van der Waals surface area contributed by atoms with Crippen LogP contribution in [0.1, 0.15) is 23.3 Å². The predicted octanol–water partition coefficient (Wildman–Crippen LogP) is 5.47. The van der Waals surface area contributed by atoms with Crippen LogP contribution in [0.15, 0.2) is 66.7 Å². The fourth-order valence-corrected chi connectivity index (χ4v) is 4.27. The number of fused-ring (bicyclic) bond motifs is 2. The van der Waals surface area contributed by atoms with Gasteiger partial charge in [0.2, 0.25) is 0 Å². The van der Waals surface area contributed by atoms with E-state index >= 15 is 0 Å². The smallest absolute Gasteiger partial charge is 0.154 e. The van der Waals surface area contributed by atoms with Gasteiger partial charge in [-0.05, 0) is 54.3 Å². The van der Waals surface area contributed by atoms with Gasteiger partial charge in [-0.15, -0.1) is 0 Å². The Morgan fingerprint density at radius 1 is 0.889 bits per heavy atom. The first-order chi connectivity index (χ1) is 12.9. The topological polar surface area (TPSA) is 47.0 Å². The number of pyridine rings is 1. The lowest BCUT2D eigenvalue weighted by molar-refractivity contribution is 0.592. The van der Waals surface area contributed by atoms with Gasteiger partial charge in [0.15, 0.2) is 9.84 Å². The van der Waals surface area contributed by atoms with E-state index in [4.69, 9.17) is 4.98 Å². The second-order valence-electron chi connectivity index (χ2n) is 7.05. The minimum atomic E-state index is -3.15. The minimum absolute atomic E-state index is 0.535. The Kier molecular flexibility index (Phi) is 4.23. The highest BCUT2D eigenvalue weighted by molar-refractivity contribution is 7.90. The molecule has 1 atom stereocenters. The molecule has 0 aliphatic heterocycles. The zero-order valence-corrected chi connectivity index (χ0v) is 16.4. The Morgan fingerprint density at radius 2 is 1.59 bits per heavy atom. The van der Waals surface area contributed by atoms with E-state index < -0.39 is 15.1 Å². The van der Waals surface area contributed by atoms with Gasteiger partial charge in [-0.25, -0.2) is 13.4 Å². The molecule has 0 spiro atoms. The average Bonchev–Trinajstić information content (AvgIpc) is 2.66. The summed E-state index contributed by atoms with van der Waals surface area (Å²) in [6, 6.07) is 22.1. The summed E-state index contributed by atoms with van der Waals surface area (Å²) in [5, 5.41) is 1.71. The van der Waals surface area contributed by atoms with E-state index in [-0.39, 0.29) is 0 Å². The van der Waals surface area contributed by atoms with E-state index in [1.807, 2.05) is 54.6 Å². The van der Waals surface area contributed by atoms with E-state index in [9.17, 15) is 8.42 Å². The van der Waals surface area contributed by atoms with Crippen LogP contribution >= 0.6 is 0 Å². The highest BCUT2D eigenvalue weighted by Crippen LogP contribution is 2.35. The van der Waals surface area contributed by atoms with Crippen molar-refractivity contribution in [2.24, 2.45) is 0 Å². The fourth-order valence-electron chi connectivity index (χ4n) is 3.63. The minimum Gasteiger partial charge on any atom is -0.248 e. The van der Waals surface area contributed by atoms with Crippen LogP contribution in [0.25, 0.3) is 32.9 Å². The molecular formula is C23H21NO2S. The third-order valence-electron chi connectivity index (χ3n) is 5.28. The quantitative estimate of drug-likeness (QED) is 0.446. The van der Waals surface area contributed by atoms with Crippen molar-refractivity contribution in [3.05, 3.63) is 77.9 Å². The van der Waals surface area contributed by atoms with Crippen LogP contribution in [0, 0.1) is 6.92 Å². The second-order valence-corrected chi connectivity index (χ2v) is 9.42. The number of rotatable bonds is 3. The van der Waals surface area contributed by atoms with Crippen LogP contribution in [0.3, 0.4) is 0 Å². The van der Waals surface area contributed by atoms with Crippen molar-refractivity contribution >= 4 is 31.6 Å². The number of para-hydroxylation sites is 1. The lowest BCUT2D eigenvalue weighted by Crippen LogP contribution is -2.07. The first-order valence-electron chi connectivity index (χ1n) is 8.93. The maximum absolute atomic E-state index is 12.0. The van der Waals surface area contributed by atoms with Gasteiger partial charge in [0.1, 0.15) is 0 Å². The molecule has 0 saturated heterocycles. The molecule has 4 aromatic rings. The SMILES string of the molecule is Cc1c2ccccc2nc2cccc(-c3cccc(C(C)S(C)(=O)=O)c3)c12. The summed E-state index contributed by atoms with van der Waals surface area (Å²) in [5.74, 6) is 0. The fraction of sp³-hybridized carbons (Fsp3) is 0.174. The van der Waals surface area contributed by atoms with Gasteiger partial charge in [0.25, 0.3) is 0 Å². The zero-order valence-electron chi connectivity index (χ0n) is 15.6. The summed E-state index contributed by atoms with van der Waals surface area (Å²) >= 11 is 0. The number of aromatic nitrogens is 1. The van der Waals surface area contributed by atoms with Gasteiger partial charge >= 0.3 is 0 Å². The Bertz CT molecular complexity index is 1280. The number of sulfone groups is 1. The molecule has 0 radical (unpaired) electrons. The van der Waals surface area contributed by atoms with Crippen molar-refractivity contribution in [1.82, 2.24) is 4.98 Å². The Morgan fingerprint density at radius 3 is 2.37 bits per heavy atom. The molecule has 0 N–H and O–H groups in total. The van der Waals surface area contributed by atoms with Gasteiger partial charge in [-0.2, -0.15) is 0 Å². The molecule has 0 amide bonds. The van der Waals surface area contributed by atoms with Gasteiger partial charge in [0.05, 0.1) is 16.3 Å². The number of hydrogen-bond acceptors (Lipinski definition) is 3. The molecule has 0 saturated carbocycles. The number of aryl methyl sites for hydroxylation is 1. The highest BCUT2D eigenvalue weighted by Gasteiger charge is 2.18. The summed E-state index contributed by atoms with van der Waals surface area (Å²) in [6.07, 6.45) is 1.28. The molecule has 0 fully saturated rings. The molecule has 1 unspecified atom stereocenters. The Hall–Kier alpha value is -2.72. The molecule has 0 bridgehead atoms. The van der Waals surface area contributed by atoms with E-state index in [0.717, 1.165) is 38.5 Å². The third-order valence-corrected chi connectivity index (χ3v) is 6.83. The monoisotopic (exact) mass is 375 g/mol. The molecule has 27 heavy (non-hydrogen) atoms. The largest absolute Gasteiger partial charge is 0.248 e. The van der Waals surface area contributed by atoms with Gasteiger partial charge in [-0.1, -0.05) is 48.5 Å². The molecule has 136 valence electrons. The van der Waals surface area contributed by atoms with Crippen molar-refractivity contribution in [1.29, 1.82) is 0 Å². The molecule has 1 heterocycles. The molecule has 0 aliphatic carbocycles. The summed E-state index contributed by atoms with van der Waals surface area (Å²) in [5.41, 5.74) is 6.01. The Balaban J connectivity index is 1.99. The second kappa shape index (κ2) is 6.46. The maximum atomic E-state index is 12.0. The van der Waals surface area contributed by atoms with Gasteiger partial charge < -0.3 is 0 Å². The maximum Gasteiger partial charge on any atom is 0.154 e. The van der Waals surface area contributed by atoms with E-state index in [1.165, 1.54) is 11.8 Å². The van der Waals surface area contributed by atoms with Crippen LogP contribution in [0.5, 0.6) is 0 Å². The molecular weight excluding hydrogens is 354 g/mol. The van der Waals surface area contributed by atoms with Crippen molar-refractivity contribution in [2.75, 3.05) is 6.26 Å². The lowest BCUT2D eigenvalue weighted by Gasteiger charge is -2.14. The number of hydrogen-bond donors (Lipinski definition) is 0. The molecule has 4 heteroatoms. The molecule has 4 rings (SSSR count). The standard InChI is InChI=1S/C23H21NO2S/c1-15-19-10-4-5-12-21(19)24-22-13-7-11-20(23(15)22)18-9-6-8-17(14-18)16(2)27(3,25)26/h4-14,16H,1-3H3. The highest BCUT2D eigenvalue weighted by atomic mass is 32.2. The van der Waals surface area contributed by atoms with E-state index in [1.54, 1.807) is 6.92 Å². The summed E-state index contributed by atoms with van der Waals surface area (Å²) in [7, 11) is -3.15. The van der Waals surface area contributed by atoms with Crippen LogP contribution in [-0.2, 0) is 9.84 Å². The summed E-state index contributed by atoms with van der Waals surface area (Å²) < 4.78 is 24.0.